The molecular formula is C26H24ClNO5. The second-order valence-corrected chi connectivity index (χ2v) is 8.50. The highest BCUT2D eigenvalue weighted by atomic mass is 35.5. The van der Waals surface area contributed by atoms with Gasteiger partial charge < -0.3 is 19.5 Å². The van der Waals surface area contributed by atoms with Crippen LogP contribution in [0.4, 0.5) is 5.69 Å². The van der Waals surface area contributed by atoms with Gasteiger partial charge in [-0.05, 0) is 48.9 Å². The van der Waals surface area contributed by atoms with Crippen LogP contribution in [0.5, 0.6) is 11.5 Å². The molecule has 1 amide bonds. The predicted octanol–water partition coefficient (Wildman–Crippen LogP) is 4.67. The molecule has 3 aromatic carbocycles. The van der Waals surface area contributed by atoms with Gasteiger partial charge >= 0.3 is 0 Å². The summed E-state index contributed by atoms with van der Waals surface area (Å²) >= 11 is 6.19. The summed E-state index contributed by atoms with van der Waals surface area (Å²) in [6.45, 7) is 2.25. The van der Waals surface area contributed by atoms with Gasteiger partial charge in [0.25, 0.3) is 5.91 Å². The number of fused-ring (bicyclic) bond motifs is 1. The van der Waals surface area contributed by atoms with Gasteiger partial charge in [-0.2, -0.15) is 0 Å². The highest BCUT2D eigenvalue weighted by Gasteiger charge is 2.51. The van der Waals surface area contributed by atoms with Crippen LogP contribution in [0.2, 0.25) is 5.02 Å². The van der Waals surface area contributed by atoms with Crippen LogP contribution in [0.1, 0.15) is 33.5 Å². The minimum absolute atomic E-state index is 0.264. The molecule has 170 valence electrons. The number of hydrogen-bond acceptors (Lipinski definition) is 5. The molecule has 6 nitrogen and oxygen atoms in total. The molecule has 1 heterocycles. The number of carbonyl (C=O) groups excluding carboxylic acids is 2. The third-order valence-electron chi connectivity index (χ3n) is 5.88. The second-order valence-electron chi connectivity index (χ2n) is 8.07. The Morgan fingerprint density at radius 2 is 1.70 bits per heavy atom. The fourth-order valence-corrected chi connectivity index (χ4v) is 4.24. The van der Waals surface area contributed by atoms with Gasteiger partial charge in [0.05, 0.1) is 32.9 Å². The molecule has 3 aromatic rings. The molecule has 4 rings (SSSR count). The smallest absolute Gasteiger partial charge is 0.264 e. The van der Waals surface area contributed by atoms with E-state index >= 15 is 0 Å². The summed E-state index contributed by atoms with van der Waals surface area (Å²) in [6, 6.07) is 17.4. The quantitative estimate of drug-likeness (QED) is 0.513. The highest BCUT2D eigenvalue weighted by Crippen LogP contribution is 2.45. The molecule has 0 aliphatic carbocycles. The first kappa shape index (κ1) is 22.8. The van der Waals surface area contributed by atoms with Crippen molar-refractivity contribution in [3.63, 3.8) is 0 Å². The van der Waals surface area contributed by atoms with Crippen molar-refractivity contribution in [2.75, 3.05) is 19.1 Å². The van der Waals surface area contributed by atoms with E-state index in [4.69, 9.17) is 21.1 Å². The number of aliphatic hydroxyl groups is 1. The van der Waals surface area contributed by atoms with Crippen molar-refractivity contribution in [1.29, 1.82) is 0 Å². The zero-order valence-corrected chi connectivity index (χ0v) is 19.3. The van der Waals surface area contributed by atoms with Crippen molar-refractivity contribution >= 4 is 29.0 Å². The number of rotatable bonds is 7. The highest BCUT2D eigenvalue weighted by molar-refractivity contribution is 6.31. The predicted molar refractivity (Wildman–Crippen MR) is 126 cm³/mol. The maximum atomic E-state index is 13.5. The Morgan fingerprint density at radius 1 is 1.00 bits per heavy atom. The van der Waals surface area contributed by atoms with Crippen LogP contribution in [-0.2, 0) is 16.9 Å². The number of ketones is 1. The van der Waals surface area contributed by atoms with Crippen LogP contribution in [-0.4, -0.2) is 31.0 Å². The molecule has 0 saturated heterocycles. The summed E-state index contributed by atoms with van der Waals surface area (Å²) in [4.78, 5) is 28.1. The van der Waals surface area contributed by atoms with Crippen molar-refractivity contribution in [3.8, 4) is 11.5 Å². The van der Waals surface area contributed by atoms with E-state index in [0.717, 1.165) is 11.1 Å². The lowest BCUT2D eigenvalue weighted by molar-refractivity contribution is -0.136. The van der Waals surface area contributed by atoms with Crippen LogP contribution >= 0.6 is 11.6 Å². The molecule has 0 fully saturated rings. The van der Waals surface area contributed by atoms with E-state index in [-0.39, 0.29) is 6.54 Å². The number of ether oxygens (including phenoxy) is 2. The largest absolute Gasteiger partial charge is 0.493 e. The molecule has 0 aromatic heterocycles. The van der Waals surface area contributed by atoms with E-state index in [9.17, 15) is 14.7 Å². The average Bonchev–Trinajstić information content (AvgIpc) is 3.01. The molecule has 0 radical (unpaired) electrons. The first-order chi connectivity index (χ1) is 15.8. The van der Waals surface area contributed by atoms with Crippen LogP contribution in [0.25, 0.3) is 0 Å². The fourth-order valence-electron chi connectivity index (χ4n) is 4.07. The lowest BCUT2D eigenvalue weighted by Crippen LogP contribution is -2.41. The average molecular weight is 466 g/mol. The Kier molecular flexibility index (Phi) is 6.15. The molecular weight excluding hydrogens is 442 g/mol. The van der Waals surface area contributed by atoms with E-state index in [2.05, 4.69) is 0 Å². The SMILES string of the molecule is COc1ccc(C(=O)CC2(O)C(=O)N(Cc3ccc(C)cc3)c3ccc(Cl)cc32)cc1OC. The van der Waals surface area contributed by atoms with Gasteiger partial charge in [0.1, 0.15) is 0 Å². The molecule has 0 spiro atoms. The third-order valence-corrected chi connectivity index (χ3v) is 6.11. The summed E-state index contributed by atoms with van der Waals surface area (Å²) in [7, 11) is 2.98. The zero-order chi connectivity index (χ0) is 23.8. The number of halogens is 1. The molecule has 0 bridgehead atoms. The molecule has 1 unspecified atom stereocenters. The number of anilines is 1. The van der Waals surface area contributed by atoms with E-state index in [1.807, 2.05) is 31.2 Å². The molecule has 1 N–H and O–H groups in total. The number of aryl methyl sites for hydroxylation is 1. The Bertz CT molecular complexity index is 1220. The Balaban J connectivity index is 1.69. The lowest BCUT2D eigenvalue weighted by atomic mass is 9.88. The fraction of sp³-hybridized carbons (Fsp3) is 0.231. The Morgan fingerprint density at radius 3 is 2.36 bits per heavy atom. The third kappa shape index (κ3) is 4.19. The lowest BCUT2D eigenvalue weighted by Gasteiger charge is -2.23. The molecule has 33 heavy (non-hydrogen) atoms. The van der Waals surface area contributed by atoms with Crippen molar-refractivity contribution in [3.05, 3.63) is 87.9 Å². The van der Waals surface area contributed by atoms with Gasteiger partial charge in [-0.1, -0.05) is 41.4 Å². The Labute approximate surface area is 197 Å². The van der Waals surface area contributed by atoms with Crippen LogP contribution in [0.3, 0.4) is 0 Å². The molecule has 1 atom stereocenters. The standard InChI is InChI=1S/C26H24ClNO5/c1-16-4-6-17(7-5-16)15-28-21-10-9-19(27)13-20(21)26(31,25(28)30)14-22(29)18-8-11-23(32-2)24(12-18)33-3/h4-13,31H,14-15H2,1-3H3. The van der Waals surface area contributed by atoms with Gasteiger partial charge in [0.15, 0.2) is 22.9 Å². The monoisotopic (exact) mass is 465 g/mol. The zero-order valence-electron chi connectivity index (χ0n) is 18.6. The second kappa shape index (κ2) is 8.89. The number of amides is 1. The van der Waals surface area contributed by atoms with Crippen LogP contribution < -0.4 is 14.4 Å². The van der Waals surface area contributed by atoms with Gasteiger partial charge in [-0.25, -0.2) is 0 Å². The Hall–Kier alpha value is -3.35. The molecule has 0 saturated carbocycles. The van der Waals surface area contributed by atoms with Crippen molar-refractivity contribution < 1.29 is 24.2 Å². The van der Waals surface area contributed by atoms with E-state index in [1.165, 1.54) is 25.2 Å². The van der Waals surface area contributed by atoms with Crippen LogP contribution in [0.15, 0.2) is 60.7 Å². The number of hydrogen-bond donors (Lipinski definition) is 1. The first-order valence-electron chi connectivity index (χ1n) is 10.4. The van der Waals surface area contributed by atoms with E-state index in [0.29, 0.717) is 33.3 Å². The van der Waals surface area contributed by atoms with E-state index in [1.54, 1.807) is 30.3 Å². The van der Waals surface area contributed by atoms with E-state index < -0.39 is 23.7 Å². The summed E-state index contributed by atoms with van der Waals surface area (Å²) in [5.74, 6) is -0.104. The maximum absolute atomic E-state index is 13.5. The minimum atomic E-state index is -2.03. The number of carbonyl (C=O) groups is 2. The summed E-state index contributed by atoms with van der Waals surface area (Å²) in [5, 5.41) is 11.9. The summed E-state index contributed by atoms with van der Waals surface area (Å²) in [6.07, 6.45) is -0.431. The minimum Gasteiger partial charge on any atom is -0.493 e. The molecule has 1 aliphatic heterocycles. The van der Waals surface area contributed by atoms with Gasteiger partial charge in [-0.15, -0.1) is 0 Å². The normalized spacial score (nSPS) is 17.1. The van der Waals surface area contributed by atoms with Crippen molar-refractivity contribution in [2.45, 2.75) is 25.5 Å². The summed E-state index contributed by atoms with van der Waals surface area (Å²) < 4.78 is 10.5. The van der Waals surface area contributed by atoms with Crippen molar-refractivity contribution in [2.24, 2.45) is 0 Å². The van der Waals surface area contributed by atoms with Gasteiger partial charge in [0, 0.05) is 16.1 Å². The number of nitrogens with zero attached hydrogens (tertiary/aromatic N) is 1. The number of benzene rings is 3. The number of methoxy groups -OCH3 is 2. The first-order valence-corrected chi connectivity index (χ1v) is 10.8. The van der Waals surface area contributed by atoms with Crippen molar-refractivity contribution in [1.82, 2.24) is 0 Å². The molecule has 1 aliphatic rings. The summed E-state index contributed by atoms with van der Waals surface area (Å²) in [5.41, 5.74) is 1.14. The van der Waals surface area contributed by atoms with Gasteiger partial charge in [0.2, 0.25) is 0 Å². The maximum Gasteiger partial charge on any atom is 0.264 e. The van der Waals surface area contributed by atoms with Crippen LogP contribution in [0, 0.1) is 6.92 Å². The molecule has 7 heteroatoms. The topological polar surface area (TPSA) is 76.1 Å². The van der Waals surface area contributed by atoms with Gasteiger partial charge in [-0.3, -0.25) is 9.59 Å². The number of Topliss-reactive ketones (excluding diaryl/α,β-unsaturated/α-hetero) is 1.